The molecule has 0 aliphatic rings. The molecule has 0 aliphatic carbocycles. The van der Waals surface area contributed by atoms with Gasteiger partial charge in [0, 0.05) is 5.69 Å². The number of nitrogen functional groups attached to an aromatic ring is 1. The summed E-state index contributed by atoms with van der Waals surface area (Å²) in [4.78, 5) is 11.0. The topological polar surface area (TPSA) is 63.3 Å². The maximum Gasteiger partial charge on any atom is 0.420 e. The van der Waals surface area contributed by atoms with Crippen LogP contribution < -0.4 is 5.73 Å². The fourth-order valence-corrected chi connectivity index (χ4v) is 1.27. The Morgan fingerprint density at radius 1 is 1.40 bits per heavy atom. The Labute approximate surface area is 83.3 Å². The Bertz CT molecular complexity index is 413. The zero-order valence-corrected chi connectivity index (χ0v) is 7.72. The minimum Gasteiger partial charge on any atom is -0.507 e. The summed E-state index contributed by atoms with van der Waals surface area (Å²) in [5.74, 6) is -1.84. The van der Waals surface area contributed by atoms with Crippen molar-refractivity contribution in [3.05, 3.63) is 23.3 Å². The summed E-state index contributed by atoms with van der Waals surface area (Å²) < 4.78 is 37.4. The third-order valence-electron chi connectivity index (χ3n) is 1.85. The molecular formula is C9H8F3NO2. The lowest BCUT2D eigenvalue weighted by Crippen LogP contribution is -2.14. The third-order valence-corrected chi connectivity index (χ3v) is 1.85. The van der Waals surface area contributed by atoms with Crippen LogP contribution in [0.3, 0.4) is 0 Å². The van der Waals surface area contributed by atoms with Gasteiger partial charge in [-0.2, -0.15) is 13.2 Å². The molecule has 3 nitrogen and oxygen atoms in total. The fourth-order valence-electron chi connectivity index (χ4n) is 1.27. The summed E-state index contributed by atoms with van der Waals surface area (Å²) in [5, 5.41) is 9.07. The molecule has 0 amide bonds. The number of aromatic hydroxyl groups is 1. The zero-order chi connectivity index (χ0) is 11.8. The van der Waals surface area contributed by atoms with Crippen LogP contribution in [0.1, 0.15) is 22.8 Å². The fraction of sp³-hybridized carbons (Fsp3) is 0.222. The first kappa shape index (κ1) is 11.4. The first-order valence-corrected chi connectivity index (χ1v) is 3.94. The molecular weight excluding hydrogens is 211 g/mol. The van der Waals surface area contributed by atoms with Gasteiger partial charge < -0.3 is 10.8 Å². The van der Waals surface area contributed by atoms with Gasteiger partial charge in [0.25, 0.3) is 0 Å². The maximum atomic E-state index is 12.5. The van der Waals surface area contributed by atoms with Crippen molar-refractivity contribution in [1.29, 1.82) is 0 Å². The number of nitrogens with two attached hydrogens (primary N) is 1. The van der Waals surface area contributed by atoms with Gasteiger partial charge in [-0.15, -0.1) is 0 Å². The average molecular weight is 219 g/mol. The number of alkyl halides is 3. The van der Waals surface area contributed by atoms with E-state index in [9.17, 15) is 18.0 Å². The van der Waals surface area contributed by atoms with Crippen molar-refractivity contribution >= 4 is 11.5 Å². The molecule has 0 aliphatic heterocycles. The molecule has 1 aromatic carbocycles. The number of ketones is 1. The summed E-state index contributed by atoms with van der Waals surface area (Å²) in [6.07, 6.45) is -4.81. The van der Waals surface area contributed by atoms with Gasteiger partial charge in [0.05, 0.1) is 5.56 Å². The van der Waals surface area contributed by atoms with Crippen molar-refractivity contribution in [2.24, 2.45) is 0 Å². The van der Waals surface area contributed by atoms with Crippen LogP contribution >= 0.6 is 0 Å². The number of Topliss-reactive ketones (excluding diaryl/α,β-unsaturated/α-hetero) is 1. The van der Waals surface area contributed by atoms with Crippen LogP contribution in [-0.4, -0.2) is 10.9 Å². The largest absolute Gasteiger partial charge is 0.507 e. The predicted octanol–water partition coefficient (Wildman–Crippen LogP) is 2.20. The number of halogens is 3. The highest BCUT2D eigenvalue weighted by atomic mass is 19.4. The van der Waals surface area contributed by atoms with Gasteiger partial charge in [-0.1, -0.05) is 0 Å². The molecule has 0 saturated carbocycles. The van der Waals surface area contributed by atoms with E-state index in [0.29, 0.717) is 0 Å². The molecule has 0 saturated heterocycles. The van der Waals surface area contributed by atoms with Gasteiger partial charge in [0.1, 0.15) is 11.3 Å². The molecule has 0 heterocycles. The highest BCUT2D eigenvalue weighted by Crippen LogP contribution is 2.40. The number of anilines is 1. The van der Waals surface area contributed by atoms with E-state index < -0.39 is 28.8 Å². The molecule has 0 unspecified atom stereocenters. The SMILES string of the molecule is CC(=O)c1c(N)ccc(O)c1C(F)(F)F. The predicted molar refractivity (Wildman–Crippen MR) is 47.5 cm³/mol. The number of hydrogen-bond acceptors (Lipinski definition) is 3. The summed E-state index contributed by atoms with van der Waals surface area (Å²) in [7, 11) is 0. The highest BCUT2D eigenvalue weighted by molar-refractivity contribution is 6.01. The van der Waals surface area contributed by atoms with Crippen LogP contribution in [0, 0.1) is 0 Å². The first-order valence-electron chi connectivity index (χ1n) is 3.94. The number of carbonyl (C=O) groups excluding carboxylic acids is 1. The molecule has 6 heteroatoms. The third kappa shape index (κ3) is 2.03. The Morgan fingerprint density at radius 2 is 1.93 bits per heavy atom. The first-order chi connectivity index (χ1) is 6.75. The van der Waals surface area contributed by atoms with Crippen LogP contribution in [-0.2, 0) is 6.18 Å². The summed E-state index contributed by atoms with van der Waals surface area (Å²) in [6, 6.07) is 1.87. The smallest absolute Gasteiger partial charge is 0.420 e. The lowest BCUT2D eigenvalue weighted by molar-refractivity contribution is -0.139. The van der Waals surface area contributed by atoms with E-state index in [-0.39, 0.29) is 5.69 Å². The second-order valence-corrected chi connectivity index (χ2v) is 2.98. The number of phenols is 1. The molecule has 0 spiro atoms. The van der Waals surface area contributed by atoms with E-state index >= 15 is 0 Å². The van der Waals surface area contributed by atoms with Gasteiger partial charge in [-0.3, -0.25) is 4.79 Å². The van der Waals surface area contributed by atoms with Gasteiger partial charge in [-0.25, -0.2) is 0 Å². The van der Waals surface area contributed by atoms with Crippen LogP contribution in [0.15, 0.2) is 12.1 Å². The van der Waals surface area contributed by atoms with Crippen LogP contribution in [0.4, 0.5) is 18.9 Å². The second kappa shape index (κ2) is 3.45. The lowest BCUT2D eigenvalue weighted by atomic mass is 10.0. The molecule has 0 bridgehead atoms. The quantitative estimate of drug-likeness (QED) is 0.432. The van der Waals surface area contributed by atoms with Gasteiger partial charge in [-0.05, 0) is 19.1 Å². The molecule has 0 radical (unpaired) electrons. The average Bonchev–Trinajstić information content (AvgIpc) is 2.05. The number of phenolic OH excluding ortho intramolecular Hbond substituents is 1. The Hall–Kier alpha value is -1.72. The van der Waals surface area contributed by atoms with Gasteiger partial charge in [0.2, 0.25) is 0 Å². The number of rotatable bonds is 1. The number of hydrogen-bond donors (Lipinski definition) is 2. The molecule has 0 atom stereocenters. The monoisotopic (exact) mass is 219 g/mol. The van der Waals surface area contributed by atoms with Gasteiger partial charge >= 0.3 is 6.18 Å². The standard InChI is InChI=1S/C9H8F3NO2/c1-4(14)7-5(13)2-3-6(15)8(7)9(10,11)12/h2-3,15H,13H2,1H3. The minimum atomic E-state index is -4.81. The van der Waals surface area contributed by atoms with Crippen molar-refractivity contribution < 1.29 is 23.1 Å². The number of benzene rings is 1. The van der Waals surface area contributed by atoms with Crippen LogP contribution in [0.5, 0.6) is 5.75 Å². The zero-order valence-electron chi connectivity index (χ0n) is 7.72. The molecule has 0 fully saturated rings. The Balaban J connectivity index is 3.60. The van der Waals surface area contributed by atoms with Crippen molar-refractivity contribution in [2.45, 2.75) is 13.1 Å². The normalized spacial score (nSPS) is 11.5. The summed E-state index contributed by atoms with van der Waals surface area (Å²) in [5.41, 5.74) is 2.89. The van der Waals surface area contributed by atoms with Crippen molar-refractivity contribution in [2.75, 3.05) is 5.73 Å². The van der Waals surface area contributed by atoms with E-state index in [1.165, 1.54) is 0 Å². The minimum absolute atomic E-state index is 0.298. The van der Waals surface area contributed by atoms with E-state index in [1.807, 2.05) is 0 Å². The maximum absolute atomic E-state index is 12.5. The highest BCUT2D eigenvalue weighted by Gasteiger charge is 2.38. The molecule has 82 valence electrons. The van der Waals surface area contributed by atoms with E-state index in [0.717, 1.165) is 19.1 Å². The van der Waals surface area contributed by atoms with Gasteiger partial charge in [0.15, 0.2) is 5.78 Å². The summed E-state index contributed by atoms with van der Waals surface area (Å²) >= 11 is 0. The molecule has 15 heavy (non-hydrogen) atoms. The number of carbonyl (C=O) groups is 1. The molecule has 1 aromatic rings. The summed E-state index contributed by atoms with van der Waals surface area (Å²) in [6.45, 7) is 0.959. The Kier molecular flexibility index (Phi) is 2.61. The van der Waals surface area contributed by atoms with E-state index in [2.05, 4.69) is 0 Å². The van der Waals surface area contributed by atoms with E-state index in [1.54, 1.807) is 0 Å². The molecule has 1 rings (SSSR count). The van der Waals surface area contributed by atoms with Crippen molar-refractivity contribution in [3.8, 4) is 5.75 Å². The van der Waals surface area contributed by atoms with Crippen molar-refractivity contribution in [1.82, 2.24) is 0 Å². The molecule has 0 aromatic heterocycles. The lowest BCUT2D eigenvalue weighted by Gasteiger charge is -2.14. The Morgan fingerprint density at radius 3 is 2.27 bits per heavy atom. The van der Waals surface area contributed by atoms with Crippen LogP contribution in [0.25, 0.3) is 0 Å². The van der Waals surface area contributed by atoms with Crippen LogP contribution in [0.2, 0.25) is 0 Å². The molecule has 3 N–H and O–H groups in total. The van der Waals surface area contributed by atoms with Crippen molar-refractivity contribution in [3.63, 3.8) is 0 Å². The van der Waals surface area contributed by atoms with E-state index in [4.69, 9.17) is 10.8 Å². The second-order valence-electron chi connectivity index (χ2n) is 2.98.